The van der Waals surface area contributed by atoms with Crippen LogP contribution in [0.4, 0.5) is 0 Å². The van der Waals surface area contributed by atoms with E-state index in [1.165, 1.54) is 0 Å². The second-order valence-electron chi connectivity index (χ2n) is 5.54. The molecule has 0 radical (unpaired) electrons. The Morgan fingerprint density at radius 1 is 1.19 bits per heavy atom. The minimum absolute atomic E-state index is 0.126. The lowest BCUT2D eigenvalue weighted by Gasteiger charge is -2.17. The van der Waals surface area contributed by atoms with Crippen molar-refractivity contribution in [3.8, 4) is 17.1 Å². The number of aromatic nitrogens is 2. The minimum atomic E-state index is -0.661. The van der Waals surface area contributed by atoms with Crippen molar-refractivity contribution >= 4 is 17.5 Å². The van der Waals surface area contributed by atoms with Crippen LogP contribution in [0.1, 0.15) is 19.2 Å². The van der Waals surface area contributed by atoms with Gasteiger partial charge in [0.15, 0.2) is 6.10 Å². The van der Waals surface area contributed by atoms with Crippen LogP contribution in [0.25, 0.3) is 11.4 Å². The number of hydrogen-bond acceptors (Lipinski definition) is 5. The van der Waals surface area contributed by atoms with Gasteiger partial charge >= 0.3 is 0 Å². The topological polar surface area (TPSA) is 77.2 Å². The summed E-state index contributed by atoms with van der Waals surface area (Å²) in [7, 11) is 0. The number of hydrogen-bond donors (Lipinski definition) is 1. The molecule has 26 heavy (non-hydrogen) atoms. The van der Waals surface area contributed by atoms with E-state index in [2.05, 4.69) is 15.5 Å². The molecule has 0 unspecified atom stereocenters. The zero-order valence-corrected chi connectivity index (χ0v) is 14.9. The highest BCUT2D eigenvalue weighted by Gasteiger charge is 2.20. The van der Waals surface area contributed by atoms with Crippen LogP contribution in [0.5, 0.6) is 5.75 Å². The summed E-state index contributed by atoms with van der Waals surface area (Å²) in [6.45, 7) is 1.99. The smallest absolute Gasteiger partial charge is 0.261 e. The molecule has 0 aliphatic heterocycles. The fourth-order valence-electron chi connectivity index (χ4n) is 2.32. The molecule has 0 saturated heterocycles. The van der Waals surface area contributed by atoms with E-state index in [1.807, 2.05) is 37.3 Å². The molecule has 1 amide bonds. The van der Waals surface area contributed by atoms with Crippen LogP contribution in [0.2, 0.25) is 5.02 Å². The van der Waals surface area contributed by atoms with Crippen LogP contribution < -0.4 is 10.1 Å². The zero-order valence-electron chi connectivity index (χ0n) is 14.2. The number of nitrogens with zero attached hydrogens (tertiary/aromatic N) is 2. The predicted octanol–water partition coefficient (Wildman–Crippen LogP) is 3.86. The van der Waals surface area contributed by atoms with Crippen molar-refractivity contribution in [1.29, 1.82) is 0 Å². The van der Waals surface area contributed by atoms with E-state index < -0.39 is 6.10 Å². The maximum atomic E-state index is 12.4. The molecule has 1 N–H and O–H groups in total. The van der Waals surface area contributed by atoms with Crippen molar-refractivity contribution < 1.29 is 14.1 Å². The number of para-hydroxylation sites is 1. The summed E-state index contributed by atoms with van der Waals surface area (Å²) in [5, 5.41) is 7.14. The van der Waals surface area contributed by atoms with Crippen LogP contribution >= 0.6 is 11.6 Å². The van der Waals surface area contributed by atoms with Gasteiger partial charge in [0.1, 0.15) is 5.75 Å². The molecular formula is C19H18ClN3O3. The largest absolute Gasteiger partial charge is 0.479 e. The summed E-state index contributed by atoms with van der Waals surface area (Å²) in [5.41, 5.74) is 0.849. The summed E-state index contributed by atoms with van der Waals surface area (Å²) in [6.07, 6.45) is -0.165. The molecule has 0 saturated carbocycles. The molecule has 6 nitrogen and oxygen atoms in total. The maximum absolute atomic E-state index is 12.4. The average molecular weight is 372 g/mol. The van der Waals surface area contributed by atoms with E-state index >= 15 is 0 Å². The number of carbonyl (C=O) groups excluding carboxylic acids is 1. The van der Waals surface area contributed by atoms with Gasteiger partial charge in [-0.15, -0.1) is 0 Å². The summed E-state index contributed by atoms with van der Waals surface area (Å²) in [6, 6.07) is 16.5. The van der Waals surface area contributed by atoms with Gasteiger partial charge in [-0.05, 0) is 18.6 Å². The highest BCUT2D eigenvalue weighted by atomic mass is 35.5. The first kappa shape index (κ1) is 17.9. The summed E-state index contributed by atoms with van der Waals surface area (Å²) >= 11 is 6.07. The van der Waals surface area contributed by atoms with Crippen molar-refractivity contribution in [2.75, 3.05) is 0 Å². The zero-order chi connectivity index (χ0) is 18.4. The predicted molar refractivity (Wildman–Crippen MR) is 97.7 cm³/mol. The van der Waals surface area contributed by atoms with Gasteiger partial charge in [0.05, 0.1) is 11.6 Å². The standard InChI is InChI=1S/C19H18ClN3O3/c1-2-15(25-16-11-7-6-10-14(16)20)19(24)21-12-17-22-18(23-26-17)13-8-4-3-5-9-13/h3-11,15H,2,12H2,1H3,(H,21,24)/t15-/m1/s1. The second kappa shape index (κ2) is 8.49. The van der Waals surface area contributed by atoms with E-state index in [9.17, 15) is 4.79 Å². The molecule has 0 aliphatic rings. The quantitative estimate of drug-likeness (QED) is 0.682. The molecule has 1 aromatic heterocycles. The second-order valence-corrected chi connectivity index (χ2v) is 5.95. The SMILES string of the molecule is CC[C@@H](Oc1ccccc1Cl)C(=O)NCc1nc(-c2ccccc2)no1. The van der Waals surface area contributed by atoms with Gasteiger partial charge in [-0.1, -0.05) is 66.1 Å². The molecule has 1 atom stereocenters. The van der Waals surface area contributed by atoms with Gasteiger partial charge in [-0.3, -0.25) is 4.79 Å². The summed E-state index contributed by atoms with van der Waals surface area (Å²) in [5.74, 6) is 1.01. The van der Waals surface area contributed by atoms with Gasteiger partial charge in [-0.2, -0.15) is 4.98 Å². The minimum Gasteiger partial charge on any atom is -0.479 e. The number of amides is 1. The Labute approximate surface area is 156 Å². The molecule has 0 fully saturated rings. The third kappa shape index (κ3) is 4.40. The Kier molecular flexibility index (Phi) is 5.86. The molecule has 3 rings (SSSR count). The first-order valence-electron chi connectivity index (χ1n) is 8.24. The maximum Gasteiger partial charge on any atom is 0.261 e. The number of halogens is 1. The molecule has 7 heteroatoms. The lowest BCUT2D eigenvalue weighted by Crippen LogP contribution is -2.37. The van der Waals surface area contributed by atoms with Crippen molar-refractivity contribution in [3.63, 3.8) is 0 Å². The van der Waals surface area contributed by atoms with Gasteiger partial charge in [-0.25, -0.2) is 0 Å². The van der Waals surface area contributed by atoms with Crippen LogP contribution in [-0.2, 0) is 11.3 Å². The fourth-order valence-corrected chi connectivity index (χ4v) is 2.50. The number of benzene rings is 2. The van der Waals surface area contributed by atoms with E-state index in [0.29, 0.717) is 28.9 Å². The normalized spacial score (nSPS) is 11.8. The molecule has 0 bridgehead atoms. The number of rotatable bonds is 7. The van der Waals surface area contributed by atoms with Gasteiger partial charge < -0.3 is 14.6 Å². The summed E-state index contributed by atoms with van der Waals surface area (Å²) < 4.78 is 10.9. The highest BCUT2D eigenvalue weighted by molar-refractivity contribution is 6.32. The Morgan fingerprint density at radius 3 is 2.65 bits per heavy atom. The van der Waals surface area contributed by atoms with Crippen LogP contribution in [0, 0.1) is 0 Å². The van der Waals surface area contributed by atoms with E-state index in [0.717, 1.165) is 5.56 Å². The monoisotopic (exact) mass is 371 g/mol. The third-order valence-corrected chi connectivity index (χ3v) is 4.00. The molecule has 1 heterocycles. The molecule has 0 spiro atoms. The Morgan fingerprint density at radius 2 is 1.92 bits per heavy atom. The number of ether oxygens (including phenoxy) is 1. The Bertz CT molecular complexity index is 867. The number of carbonyl (C=O) groups is 1. The van der Waals surface area contributed by atoms with Gasteiger partial charge in [0.2, 0.25) is 11.7 Å². The Balaban J connectivity index is 1.59. The lowest BCUT2D eigenvalue weighted by atomic mass is 10.2. The van der Waals surface area contributed by atoms with Crippen molar-refractivity contribution in [3.05, 3.63) is 65.5 Å². The van der Waals surface area contributed by atoms with Crippen molar-refractivity contribution in [2.24, 2.45) is 0 Å². The average Bonchev–Trinajstić information content (AvgIpc) is 3.15. The molecule has 2 aromatic carbocycles. The first-order valence-corrected chi connectivity index (χ1v) is 8.62. The molecule has 0 aliphatic carbocycles. The lowest BCUT2D eigenvalue weighted by molar-refractivity contribution is -0.128. The van der Waals surface area contributed by atoms with Crippen molar-refractivity contribution in [2.45, 2.75) is 26.0 Å². The molecule has 134 valence electrons. The highest BCUT2D eigenvalue weighted by Crippen LogP contribution is 2.24. The van der Waals surface area contributed by atoms with E-state index in [-0.39, 0.29) is 12.5 Å². The van der Waals surface area contributed by atoms with Crippen LogP contribution in [0.15, 0.2) is 59.1 Å². The molecular weight excluding hydrogens is 354 g/mol. The fraction of sp³-hybridized carbons (Fsp3) is 0.211. The van der Waals surface area contributed by atoms with Crippen molar-refractivity contribution in [1.82, 2.24) is 15.5 Å². The van der Waals surface area contributed by atoms with Gasteiger partial charge in [0, 0.05) is 5.56 Å². The van der Waals surface area contributed by atoms with E-state index in [4.69, 9.17) is 20.9 Å². The number of nitrogens with one attached hydrogen (secondary N) is 1. The molecule has 3 aromatic rings. The third-order valence-electron chi connectivity index (χ3n) is 3.68. The van der Waals surface area contributed by atoms with E-state index in [1.54, 1.807) is 24.3 Å². The summed E-state index contributed by atoms with van der Waals surface area (Å²) in [4.78, 5) is 16.7. The van der Waals surface area contributed by atoms with Crippen LogP contribution in [-0.4, -0.2) is 22.2 Å². The van der Waals surface area contributed by atoms with Crippen LogP contribution in [0.3, 0.4) is 0 Å². The van der Waals surface area contributed by atoms with Gasteiger partial charge in [0.25, 0.3) is 5.91 Å². The first-order chi connectivity index (χ1) is 12.7. The Hall–Kier alpha value is -2.86.